The second-order valence-electron chi connectivity index (χ2n) is 9.83. The lowest BCUT2D eigenvalue weighted by Crippen LogP contribution is -2.37. The van der Waals surface area contributed by atoms with Gasteiger partial charge in [-0.25, -0.2) is 0 Å². The van der Waals surface area contributed by atoms with Gasteiger partial charge in [0.05, 0.1) is 6.04 Å². The summed E-state index contributed by atoms with van der Waals surface area (Å²) < 4.78 is 0. The van der Waals surface area contributed by atoms with E-state index < -0.39 is 0 Å². The molecule has 0 atom stereocenters. The minimum Gasteiger partial charge on any atom is -0.382 e. The van der Waals surface area contributed by atoms with Gasteiger partial charge in [-0.2, -0.15) is 0 Å². The maximum Gasteiger partial charge on any atom is 0.123 e. The van der Waals surface area contributed by atoms with Crippen LogP contribution >= 0.6 is 11.6 Å². The Morgan fingerprint density at radius 2 is 1.23 bits per heavy atom. The topological polar surface area (TPSA) is 36.4 Å². The molecule has 1 aromatic rings. The number of aliphatic imine (C=N–C) groups is 1. The number of hydrogen-bond acceptors (Lipinski definition) is 2. The van der Waals surface area contributed by atoms with Crippen molar-refractivity contribution in [2.24, 2.45) is 4.99 Å². The van der Waals surface area contributed by atoms with Crippen LogP contribution in [0.25, 0.3) is 5.70 Å². The van der Waals surface area contributed by atoms with Gasteiger partial charge in [0.2, 0.25) is 0 Å². The molecular weight excluding hydrogens is 402 g/mol. The Hall–Kier alpha value is -1.48. The Morgan fingerprint density at radius 3 is 1.81 bits per heavy atom. The maximum absolute atomic E-state index is 6.20. The van der Waals surface area contributed by atoms with Crippen LogP contribution < -0.4 is 10.6 Å². The molecule has 0 saturated heterocycles. The zero-order chi connectivity index (χ0) is 21.3. The van der Waals surface area contributed by atoms with Crippen molar-refractivity contribution in [3.63, 3.8) is 0 Å². The molecule has 2 N–H and O–H groups in total. The largest absolute Gasteiger partial charge is 0.382 e. The van der Waals surface area contributed by atoms with Crippen LogP contribution in [0, 0.1) is 0 Å². The van der Waals surface area contributed by atoms with E-state index in [9.17, 15) is 0 Å². The summed E-state index contributed by atoms with van der Waals surface area (Å²) in [6.07, 6.45) is 21.9. The van der Waals surface area contributed by atoms with Gasteiger partial charge in [0.1, 0.15) is 5.84 Å². The van der Waals surface area contributed by atoms with Gasteiger partial charge in [-0.1, -0.05) is 81.5 Å². The predicted molar refractivity (Wildman–Crippen MR) is 134 cm³/mol. The Kier molecular flexibility index (Phi) is 8.75. The summed E-state index contributed by atoms with van der Waals surface area (Å²) in [5, 5.41) is 8.54. The molecule has 3 aliphatic rings. The third kappa shape index (κ3) is 7.27. The fourth-order valence-electron chi connectivity index (χ4n) is 5.42. The smallest absolute Gasteiger partial charge is 0.123 e. The first kappa shape index (κ1) is 22.7. The van der Waals surface area contributed by atoms with Gasteiger partial charge in [-0.05, 0) is 56.2 Å². The van der Waals surface area contributed by atoms with E-state index in [1.807, 2.05) is 12.1 Å². The first-order chi connectivity index (χ1) is 15.3. The van der Waals surface area contributed by atoms with Crippen molar-refractivity contribution < 1.29 is 0 Å². The van der Waals surface area contributed by atoms with Crippen LogP contribution in [-0.4, -0.2) is 24.0 Å². The Balaban J connectivity index is 1.60. The molecule has 4 heteroatoms. The van der Waals surface area contributed by atoms with Gasteiger partial charge in [-0.3, -0.25) is 4.99 Å². The number of amidine groups is 1. The zero-order valence-corrected chi connectivity index (χ0v) is 19.8. The summed E-state index contributed by atoms with van der Waals surface area (Å²) in [6.45, 7) is 0. The number of benzene rings is 1. The molecule has 0 unspecified atom stereocenters. The molecule has 4 rings (SSSR count). The van der Waals surface area contributed by atoms with E-state index in [1.54, 1.807) is 0 Å². The van der Waals surface area contributed by atoms with Crippen molar-refractivity contribution in [3.05, 3.63) is 40.9 Å². The lowest BCUT2D eigenvalue weighted by atomic mass is 9.94. The molecule has 1 aromatic carbocycles. The average Bonchev–Trinajstić information content (AvgIpc) is 2.81. The number of rotatable bonds is 6. The van der Waals surface area contributed by atoms with E-state index in [-0.39, 0.29) is 0 Å². The highest BCUT2D eigenvalue weighted by Crippen LogP contribution is 2.24. The summed E-state index contributed by atoms with van der Waals surface area (Å²) in [5.74, 6) is 1.09. The molecule has 3 aliphatic carbocycles. The van der Waals surface area contributed by atoms with Crippen LogP contribution in [0.2, 0.25) is 5.02 Å². The predicted octanol–water partition coefficient (Wildman–Crippen LogP) is 7.26. The molecule has 0 spiro atoms. The first-order valence-corrected chi connectivity index (χ1v) is 13.2. The number of halogens is 1. The minimum atomic E-state index is 0.470. The fourth-order valence-corrected chi connectivity index (χ4v) is 5.55. The van der Waals surface area contributed by atoms with Gasteiger partial charge in [0.25, 0.3) is 0 Å². The number of hydrogen-bond donors (Lipinski definition) is 2. The Bertz CT molecular complexity index is 721. The summed E-state index contributed by atoms with van der Waals surface area (Å²) in [7, 11) is 0. The number of nitrogens with one attached hydrogen (secondary N) is 2. The molecule has 170 valence electrons. The first-order valence-electron chi connectivity index (χ1n) is 12.8. The van der Waals surface area contributed by atoms with Crippen molar-refractivity contribution in [2.45, 2.75) is 114 Å². The van der Waals surface area contributed by atoms with Gasteiger partial charge in [0, 0.05) is 28.9 Å². The molecule has 3 fully saturated rings. The molecule has 0 bridgehead atoms. The summed E-state index contributed by atoms with van der Waals surface area (Å²) in [5.41, 5.74) is 2.40. The number of nitrogens with zero attached hydrogens (tertiary/aromatic N) is 1. The maximum atomic E-state index is 6.20. The molecule has 0 aromatic heterocycles. The summed E-state index contributed by atoms with van der Waals surface area (Å²) >= 11 is 6.20. The van der Waals surface area contributed by atoms with Gasteiger partial charge < -0.3 is 10.6 Å². The zero-order valence-electron chi connectivity index (χ0n) is 19.1. The SMILES string of the molecule is Clc1ccc(/C(=C/C(=NC2CCCCC2)NC2CCCCC2)NC2CCCCC2)cc1. The van der Waals surface area contributed by atoms with E-state index in [1.165, 1.54) is 108 Å². The second-order valence-corrected chi connectivity index (χ2v) is 10.3. The monoisotopic (exact) mass is 441 g/mol. The molecule has 0 heterocycles. The van der Waals surface area contributed by atoms with Crippen LogP contribution in [0.15, 0.2) is 35.3 Å². The highest BCUT2D eigenvalue weighted by molar-refractivity contribution is 6.30. The van der Waals surface area contributed by atoms with E-state index >= 15 is 0 Å². The van der Waals surface area contributed by atoms with Gasteiger partial charge >= 0.3 is 0 Å². The second kappa shape index (κ2) is 11.9. The van der Waals surface area contributed by atoms with Crippen LogP contribution in [0.3, 0.4) is 0 Å². The van der Waals surface area contributed by atoms with E-state index in [4.69, 9.17) is 16.6 Å². The van der Waals surface area contributed by atoms with Crippen LogP contribution in [0.4, 0.5) is 0 Å². The molecular formula is C27H40ClN3. The van der Waals surface area contributed by atoms with E-state index in [0.717, 1.165) is 10.9 Å². The minimum absolute atomic E-state index is 0.470. The molecule has 3 nitrogen and oxygen atoms in total. The molecule has 0 aliphatic heterocycles. The van der Waals surface area contributed by atoms with E-state index in [0.29, 0.717) is 18.1 Å². The molecule has 3 saturated carbocycles. The molecule has 0 amide bonds. The lowest BCUT2D eigenvalue weighted by Gasteiger charge is -2.28. The van der Waals surface area contributed by atoms with Crippen molar-refractivity contribution >= 4 is 23.1 Å². The lowest BCUT2D eigenvalue weighted by molar-refractivity contribution is 0.407. The van der Waals surface area contributed by atoms with Crippen LogP contribution in [0.1, 0.15) is 102 Å². The van der Waals surface area contributed by atoms with Crippen molar-refractivity contribution in [1.29, 1.82) is 0 Å². The van der Waals surface area contributed by atoms with Crippen LogP contribution in [0.5, 0.6) is 0 Å². The quantitative estimate of drug-likeness (QED) is 0.360. The summed E-state index contributed by atoms with van der Waals surface area (Å²) in [4.78, 5) is 5.27. The highest BCUT2D eigenvalue weighted by Gasteiger charge is 2.19. The Morgan fingerprint density at radius 1 is 0.710 bits per heavy atom. The molecule has 0 radical (unpaired) electrons. The van der Waals surface area contributed by atoms with Gasteiger partial charge in [0.15, 0.2) is 0 Å². The highest BCUT2D eigenvalue weighted by atomic mass is 35.5. The summed E-state index contributed by atoms with van der Waals surface area (Å²) in [6, 6.07) is 9.87. The average molecular weight is 442 g/mol. The van der Waals surface area contributed by atoms with Crippen molar-refractivity contribution in [2.75, 3.05) is 0 Å². The third-order valence-electron chi connectivity index (χ3n) is 7.25. The fraction of sp³-hybridized carbons (Fsp3) is 0.667. The van der Waals surface area contributed by atoms with Gasteiger partial charge in [-0.15, -0.1) is 0 Å². The van der Waals surface area contributed by atoms with Crippen molar-refractivity contribution in [3.8, 4) is 0 Å². The standard InChI is InChI=1S/C27H40ClN3/c28-22-18-16-21(17-19-22)26(29-23-10-4-1-5-11-23)20-27(30-24-12-6-2-7-13-24)31-25-14-8-3-9-15-25/h16-20,23-25,29H,1-15H2,(H,30,31)/b26-20-. The molecule has 31 heavy (non-hydrogen) atoms. The van der Waals surface area contributed by atoms with Crippen LogP contribution in [-0.2, 0) is 0 Å². The van der Waals surface area contributed by atoms with Crippen molar-refractivity contribution in [1.82, 2.24) is 10.6 Å². The Labute approximate surface area is 194 Å². The normalized spacial score (nSPS) is 23.0. The third-order valence-corrected chi connectivity index (χ3v) is 7.51. The van der Waals surface area contributed by atoms with E-state index in [2.05, 4.69) is 28.8 Å².